The molecule has 1 fully saturated rings. The van der Waals surface area contributed by atoms with Crippen molar-refractivity contribution in [1.82, 2.24) is 14.9 Å². The molecular weight excluding hydrogens is 388 g/mol. The number of amides is 2. The number of nitrogens with zero attached hydrogens (tertiary/aromatic N) is 3. The molecule has 2 N–H and O–H groups in total. The van der Waals surface area contributed by atoms with E-state index >= 15 is 0 Å². The monoisotopic (exact) mass is 410 g/mol. The van der Waals surface area contributed by atoms with Crippen LogP contribution in [-0.4, -0.2) is 45.3 Å². The lowest BCUT2D eigenvalue weighted by molar-refractivity contribution is 0.0817. The van der Waals surface area contributed by atoms with Crippen LogP contribution in [0.4, 0.5) is 9.93 Å². The van der Waals surface area contributed by atoms with Gasteiger partial charge in [0.2, 0.25) is 0 Å². The molecule has 4 rings (SSSR count). The van der Waals surface area contributed by atoms with Crippen molar-refractivity contribution in [2.24, 2.45) is 0 Å². The molecule has 1 saturated heterocycles. The molecule has 150 valence electrons. The van der Waals surface area contributed by atoms with E-state index in [0.29, 0.717) is 23.8 Å². The van der Waals surface area contributed by atoms with Gasteiger partial charge in [0.15, 0.2) is 5.13 Å². The predicted octanol–water partition coefficient (Wildman–Crippen LogP) is 4.12. The second-order valence-corrected chi connectivity index (χ2v) is 7.71. The van der Waals surface area contributed by atoms with Crippen LogP contribution in [0.3, 0.4) is 0 Å². The number of ether oxygens (including phenoxy) is 1. The standard InChI is InChI=1S/C21H22N4O3S/c26-19-8-2-1-5-16(19)12-25(13-17-7-4-10-28-17)21(27)24-20-23-18(14-29-20)15-6-3-9-22-11-15/h1-3,5-6,8-9,11,14,17,26H,4,7,10,12-13H2,(H,23,24,27). The summed E-state index contributed by atoms with van der Waals surface area (Å²) in [5, 5.41) is 15.4. The van der Waals surface area contributed by atoms with Crippen molar-refractivity contribution in [3.63, 3.8) is 0 Å². The lowest BCUT2D eigenvalue weighted by Gasteiger charge is -2.25. The molecule has 2 amide bonds. The maximum absolute atomic E-state index is 13.0. The molecule has 29 heavy (non-hydrogen) atoms. The number of nitrogens with one attached hydrogen (secondary N) is 1. The number of thiazole rings is 1. The third-order valence-electron chi connectivity index (χ3n) is 4.76. The largest absolute Gasteiger partial charge is 0.508 e. The van der Waals surface area contributed by atoms with Gasteiger partial charge in [-0.2, -0.15) is 0 Å². The van der Waals surface area contributed by atoms with Crippen molar-refractivity contribution in [2.75, 3.05) is 18.5 Å². The van der Waals surface area contributed by atoms with Crippen molar-refractivity contribution >= 4 is 22.5 Å². The third-order valence-corrected chi connectivity index (χ3v) is 5.52. The fraction of sp³-hybridized carbons (Fsp3) is 0.286. The van der Waals surface area contributed by atoms with E-state index < -0.39 is 0 Å². The van der Waals surface area contributed by atoms with Gasteiger partial charge < -0.3 is 14.7 Å². The third kappa shape index (κ3) is 4.90. The Morgan fingerprint density at radius 2 is 2.21 bits per heavy atom. The number of hydrogen-bond donors (Lipinski definition) is 2. The summed E-state index contributed by atoms with van der Waals surface area (Å²) in [5.74, 6) is 0.172. The quantitative estimate of drug-likeness (QED) is 0.638. The molecule has 1 unspecified atom stereocenters. The van der Waals surface area contributed by atoms with Gasteiger partial charge in [-0.05, 0) is 31.0 Å². The van der Waals surface area contributed by atoms with Crippen LogP contribution in [0.2, 0.25) is 0 Å². The minimum atomic E-state index is -0.268. The average Bonchev–Trinajstić information content (AvgIpc) is 3.42. The number of para-hydroxylation sites is 1. The maximum Gasteiger partial charge on any atom is 0.324 e. The lowest BCUT2D eigenvalue weighted by atomic mass is 10.1. The van der Waals surface area contributed by atoms with Crippen LogP contribution in [0.15, 0.2) is 54.2 Å². The molecule has 1 aliphatic rings. The second-order valence-electron chi connectivity index (χ2n) is 6.85. The Morgan fingerprint density at radius 1 is 1.31 bits per heavy atom. The Labute approximate surface area is 173 Å². The second kappa shape index (κ2) is 9.02. The number of aromatic nitrogens is 2. The Balaban J connectivity index is 1.48. The van der Waals surface area contributed by atoms with Crippen molar-refractivity contribution in [1.29, 1.82) is 0 Å². The number of rotatable bonds is 6. The molecule has 0 radical (unpaired) electrons. The van der Waals surface area contributed by atoms with Gasteiger partial charge in [-0.1, -0.05) is 18.2 Å². The van der Waals surface area contributed by atoms with Gasteiger partial charge in [0.1, 0.15) is 5.75 Å². The number of phenolic OH excluding ortho intramolecular Hbond substituents is 1. The number of carbonyl (C=O) groups is 1. The highest BCUT2D eigenvalue weighted by molar-refractivity contribution is 7.14. The number of phenols is 1. The summed E-state index contributed by atoms with van der Waals surface area (Å²) < 4.78 is 5.71. The number of urea groups is 1. The molecule has 8 heteroatoms. The Hall–Kier alpha value is -2.97. The first kappa shape index (κ1) is 19.4. The van der Waals surface area contributed by atoms with E-state index in [0.717, 1.165) is 30.7 Å². The van der Waals surface area contributed by atoms with Gasteiger partial charge >= 0.3 is 6.03 Å². The number of benzene rings is 1. The summed E-state index contributed by atoms with van der Waals surface area (Å²) in [6.07, 6.45) is 5.38. The summed E-state index contributed by atoms with van der Waals surface area (Å²) in [7, 11) is 0. The minimum Gasteiger partial charge on any atom is -0.508 e. The number of anilines is 1. The van der Waals surface area contributed by atoms with Crippen molar-refractivity contribution in [2.45, 2.75) is 25.5 Å². The van der Waals surface area contributed by atoms with Gasteiger partial charge in [0, 0.05) is 42.1 Å². The molecule has 0 saturated carbocycles. The lowest BCUT2D eigenvalue weighted by Crippen LogP contribution is -2.39. The van der Waals surface area contributed by atoms with Crippen molar-refractivity contribution < 1.29 is 14.6 Å². The Morgan fingerprint density at radius 3 is 2.97 bits per heavy atom. The molecule has 3 heterocycles. The zero-order valence-corrected chi connectivity index (χ0v) is 16.6. The van der Waals surface area contributed by atoms with Crippen LogP contribution in [0.1, 0.15) is 18.4 Å². The van der Waals surface area contributed by atoms with Crippen LogP contribution in [0, 0.1) is 0 Å². The van der Waals surface area contributed by atoms with Crippen LogP contribution in [0.5, 0.6) is 5.75 Å². The van der Waals surface area contributed by atoms with Gasteiger partial charge in [0.05, 0.1) is 18.3 Å². The Kier molecular flexibility index (Phi) is 6.02. The van der Waals surface area contributed by atoms with Crippen molar-refractivity contribution in [3.05, 3.63) is 59.7 Å². The van der Waals surface area contributed by atoms with Gasteiger partial charge in [-0.25, -0.2) is 9.78 Å². The van der Waals surface area contributed by atoms with E-state index in [1.54, 1.807) is 29.4 Å². The summed E-state index contributed by atoms with van der Waals surface area (Å²) in [6.45, 7) is 1.47. The number of aromatic hydroxyl groups is 1. The first-order valence-electron chi connectivity index (χ1n) is 9.49. The molecule has 3 aromatic rings. The molecule has 1 aromatic carbocycles. The van der Waals surface area contributed by atoms with E-state index in [4.69, 9.17) is 4.74 Å². The van der Waals surface area contributed by atoms with E-state index in [-0.39, 0.29) is 17.9 Å². The van der Waals surface area contributed by atoms with Gasteiger partial charge in [-0.3, -0.25) is 10.3 Å². The number of carbonyl (C=O) groups excluding carboxylic acids is 1. The van der Waals surface area contributed by atoms with E-state index in [1.165, 1.54) is 11.3 Å². The topological polar surface area (TPSA) is 87.6 Å². The fourth-order valence-corrected chi connectivity index (χ4v) is 3.96. The number of pyridine rings is 1. The summed E-state index contributed by atoms with van der Waals surface area (Å²) in [5.41, 5.74) is 2.36. The first-order chi connectivity index (χ1) is 14.2. The molecule has 1 aliphatic heterocycles. The average molecular weight is 410 g/mol. The van der Waals surface area contributed by atoms with E-state index in [2.05, 4.69) is 15.3 Å². The molecule has 0 bridgehead atoms. The van der Waals surface area contributed by atoms with Gasteiger partial charge in [0.25, 0.3) is 0 Å². The van der Waals surface area contributed by atoms with E-state index in [9.17, 15) is 9.90 Å². The normalized spacial score (nSPS) is 15.9. The van der Waals surface area contributed by atoms with Crippen LogP contribution >= 0.6 is 11.3 Å². The molecule has 0 aliphatic carbocycles. The van der Waals surface area contributed by atoms with Crippen molar-refractivity contribution in [3.8, 4) is 17.0 Å². The summed E-state index contributed by atoms with van der Waals surface area (Å²) >= 11 is 1.36. The maximum atomic E-state index is 13.0. The first-order valence-corrected chi connectivity index (χ1v) is 10.4. The molecular formula is C21H22N4O3S. The van der Waals surface area contributed by atoms with E-state index in [1.807, 2.05) is 29.6 Å². The van der Waals surface area contributed by atoms with Crippen LogP contribution in [-0.2, 0) is 11.3 Å². The molecule has 7 nitrogen and oxygen atoms in total. The smallest absolute Gasteiger partial charge is 0.324 e. The summed E-state index contributed by atoms with van der Waals surface area (Å²) in [6, 6.07) is 10.6. The highest BCUT2D eigenvalue weighted by Crippen LogP contribution is 2.25. The fourth-order valence-electron chi connectivity index (χ4n) is 3.25. The highest BCUT2D eigenvalue weighted by atomic mass is 32.1. The van der Waals surface area contributed by atoms with Crippen LogP contribution < -0.4 is 5.32 Å². The minimum absolute atomic E-state index is 0.00820. The Bertz CT molecular complexity index is 957. The SMILES string of the molecule is O=C(Nc1nc(-c2cccnc2)cs1)N(Cc1ccccc1O)CC1CCCO1. The van der Waals surface area contributed by atoms with Gasteiger partial charge in [-0.15, -0.1) is 11.3 Å². The zero-order chi connectivity index (χ0) is 20.1. The molecule has 1 atom stereocenters. The molecule has 2 aromatic heterocycles. The summed E-state index contributed by atoms with van der Waals surface area (Å²) in [4.78, 5) is 23.3. The van der Waals surface area contributed by atoms with Crippen LogP contribution in [0.25, 0.3) is 11.3 Å². The molecule has 0 spiro atoms. The highest BCUT2D eigenvalue weighted by Gasteiger charge is 2.24. The zero-order valence-electron chi connectivity index (χ0n) is 15.8. The predicted molar refractivity (Wildman–Crippen MR) is 112 cm³/mol. The number of hydrogen-bond acceptors (Lipinski definition) is 6.